The van der Waals surface area contributed by atoms with Crippen LogP contribution in [0.25, 0.3) is 0 Å². The van der Waals surface area contributed by atoms with E-state index in [4.69, 9.17) is 5.26 Å². The van der Waals surface area contributed by atoms with Gasteiger partial charge in [-0.3, -0.25) is 9.59 Å². The molecule has 0 heterocycles. The van der Waals surface area contributed by atoms with Gasteiger partial charge in [0.1, 0.15) is 0 Å². The van der Waals surface area contributed by atoms with Gasteiger partial charge in [0.15, 0.2) is 5.60 Å². The molecular weight excluding hydrogens is 258 g/mol. The van der Waals surface area contributed by atoms with E-state index in [0.29, 0.717) is 0 Å². The molecule has 0 spiro atoms. The van der Waals surface area contributed by atoms with E-state index in [9.17, 15) is 19.5 Å². The minimum Gasteiger partial charge on any atom is -0.466 e. The van der Waals surface area contributed by atoms with Crippen molar-refractivity contribution in [2.75, 3.05) is 13.2 Å². The lowest BCUT2D eigenvalue weighted by Crippen LogP contribution is -2.44. The normalized spacial score (nSPS) is 10.2. The van der Waals surface area contributed by atoms with Crippen molar-refractivity contribution in [3.05, 3.63) is 0 Å². The minimum atomic E-state index is -2.48. The van der Waals surface area contributed by atoms with Gasteiger partial charge in [-0.1, -0.05) is 0 Å². The Morgan fingerprint density at radius 2 is 1.53 bits per heavy atom. The average molecular weight is 273 g/mol. The summed E-state index contributed by atoms with van der Waals surface area (Å²) < 4.78 is 13.1. The molecule has 0 aromatic carbocycles. The van der Waals surface area contributed by atoms with Gasteiger partial charge < -0.3 is 19.3 Å². The van der Waals surface area contributed by atoms with Crippen LogP contribution in [0.1, 0.15) is 26.7 Å². The Balaban J connectivity index is 4.91. The van der Waals surface area contributed by atoms with Crippen LogP contribution in [0.15, 0.2) is 0 Å². The second-order valence-corrected chi connectivity index (χ2v) is 3.48. The van der Waals surface area contributed by atoms with E-state index in [1.54, 1.807) is 0 Å². The van der Waals surface area contributed by atoms with E-state index in [1.165, 1.54) is 13.8 Å². The van der Waals surface area contributed by atoms with E-state index in [0.717, 1.165) is 6.26 Å². The average Bonchev–Trinajstić information content (AvgIpc) is 2.29. The monoisotopic (exact) mass is 273 g/mol. The van der Waals surface area contributed by atoms with Gasteiger partial charge in [-0.25, -0.2) is 4.79 Å². The van der Waals surface area contributed by atoms with Gasteiger partial charge in [-0.15, -0.1) is 5.26 Å². The third kappa shape index (κ3) is 5.83. The minimum absolute atomic E-state index is 0.0433. The number of carbonyl (C=O) groups is 3. The molecule has 0 unspecified atom stereocenters. The number of carbonyl (C=O) groups excluding carboxylic acids is 3. The van der Waals surface area contributed by atoms with E-state index >= 15 is 0 Å². The van der Waals surface area contributed by atoms with Crippen LogP contribution in [0.2, 0.25) is 0 Å². The number of ether oxygens (including phenoxy) is 3. The number of esters is 3. The summed E-state index contributed by atoms with van der Waals surface area (Å²) in [6, 6.07) is 0. The number of nitriles is 1. The zero-order valence-electron chi connectivity index (χ0n) is 10.7. The molecule has 0 rings (SSSR count). The van der Waals surface area contributed by atoms with E-state index in [2.05, 4.69) is 14.2 Å². The maximum absolute atomic E-state index is 11.4. The van der Waals surface area contributed by atoms with Gasteiger partial charge in [0.2, 0.25) is 0 Å². The molecule has 19 heavy (non-hydrogen) atoms. The summed E-state index contributed by atoms with van der Waals surface area (Å²) in [6.07, 6.45) is -0.541. The predicted molar refractivity (Wildman–Crippen MR) is 59.2 cm³/mol. The molecule has 0 aromatic heterocycles. The third-order valence-electron chi connectivity index (χ3n) is 2.00. The lowest BCUT2D eigenvalue weighted by molar-refractivity contribution is -0.173. The van der Waals surface area contributed by atoms with Crippen molar-refractivity contribution in [1.29, 1.82) is 5.26 Å². The molecule has 0 saturated carbocycles. The Kier molecular flexibility index (Phi) is 7.14. The molecular formula is C11H15NO7. The quantitative estimate of drug-likeness (QED) is 0.379. The van der Waals surface area contributed by atoms with Crippen LogP contribution in [0.3, 0.4) is 0 Å². The summed E-state index contributed by atoms with van der Waals surface area (Å²) in [7, 11) is 0. The molecule has 0 aromatic rings. The van der Waals surface area contributed by atoms with Crippen LogP contribution in [0.5, 0.6) is 0 Å². The fraction of sp³-hybridized carbons (Fsp3) is 0.636. The third-order valence-corrected chi connectivity index (χ3v) is 2.00. The zero-order chi connectivity index (χ0) is 14.9. The molecule has 0 amide bonds. The van der Waals surface area contributed by atoms with E-state index in [1.807, 2.05) is 0 Å². The van der Waals surface area contributed by atoms with Crippen LogP contribution in [-0.4, -0.2) is 41.8 Å². The smallest absolute Gasteiger partial charge is 0.354 e. The summed E-state index contributed by atoms with van der Waals surface area (Å²) in [5.41, 5.74) is -2.48. The van der Waals surface area contributed by atoms with Gasteiger partial charge in [0.05, 0.1) is 26.1 Å². The van der Waals surface area contributed by atoms with Crippen molar-refractivity contribution in [2.45, 2.75) is 32.3 Å². The molecule has 0 aliphatic carbocycles. The summed E-state index contributed by atoms with van der Waals surface area (Å²) in [6.45, 7) is 3.16. The number of rotatable bonds is 7. The summed E-state index contributed by atoms with van der Waals surface area (Å²) in [4.78, 5) is 34.0. The molecule has 8 nitrogen and oxygen atoms in total. The van der Waals surface area contributed by atoms with Crippen molar-refractivity contribution in [3.63, 3.8) is 0 Å². The molecule has 0 aliphatic heterocycles. The van der Waals surface area contributed by atoms with Gasteiger partial charge in [0.25, 0.3) is 6.26 Å². The highest BCUT2D eigenvalue weighted by atomic mass is 16.6. The molecule has 0 bridgehead atoms. The van der Waals surface area contributed by atoms with Crippen LogP contribution >= 0.6 is 0 Å². The first-order valence-electron chi connectivity index (χ1n) is 5.53. The van der Waals surface area contributed by atoms with Crippen LogP contribution < -0.4 is 0 Å². The largest absolute Gasteiger partial charge is 0.466 e. The molecule has 1 N–H and O–H groups in total. The van der Waals surface area contributed by atoms with Gasteiger partial charge in [-0.2, -0.15) is 0 Å². The number of nitrogens with zero attached hydrogens (tertiary/aromatic N) is 1. The fourth-order valence-corrected chi connectivity index (χ4v) is 1.24. The Morgan fingerprint density at radius 1 is 1.11 bits per heavy atom. The fourth-order valence-electron chi connectivity index (χ4n) is 1.24. The van der Waals surface area contributed by atoms with Gasteiger partial charge in [0, 0.05) is 0 Å². The Morgan fingerprint density at radius 3 is 1.84 bits per heavy atom. The predicted octanol–water partition coefficient (Wildman–Crippen LogP) is -0.352. The highest BCUT2D eigenvalue weighted by Gasteiger charge is 2.43. The van der Waals surface area contributed by atoms with Crippen molar-refractivity contribution < 1.29 is 33.7 Å². The molecule has 0 atom stereocenters. The van der Waals surface area contributed by atoms with Crippen molar-refractivity contribution in [3.8, 4) is 6.26 Å². The maximum Gasteiger partial charge on any atom is 0.354 e. The van der Waals surface area contributed by atoms with E-state index in [-0.39, 0.29) is 13.2 Å². The number of hydrogen-bond donors (Lipinski definition) is 1. The topological polar surface area (TPSA) is 123 Å². The SMILES string of the molecule is CCOC(=O)CC(O)(CC(=O)OCC)C(=O)OC#N. The Hall–Kier alpha value is -2.14. The molecule has 0 saturated heterocycles. The molecule has 0 radical (unpaired) electrons. The second kappa shape index (κ2) is 8.05. The highest BCUT2D eigenvalue weighted by molar-refractivity contribution is 5.90. The molecule has 8 heteroatoms. The molecule has 0 aliphatic rings. The summed E-state index contributed by atoms with van der Waals surface area (Å²) in [5, 5.41) is 18.2. The molecule has 106 valence electrons. The number of aliphatic hydroxyl groups is 1. The van der Waals surface area contributed by atoms with Crippen molar-refractivity contribution >= 4 is 17.9 Å². The first kappa shape index (κ1) is 16.9. The van der Waals surface area contributed by atoms with Gasteiger partial charge in [-0.05, 0) is 13.8 Å². The Labute approximate surface area is 109 Å². The zero-order valence-corrected chi connectivity index (χ0v) is 10.7. The lowest BCUT2D eigenvalue weighted by Gasteiger charge is -2.22. The summed E-state index contributed by atoms with van der Waals surface area (Å²) >= 11 is 0. The van der Waals surface area contributed by atoms with Crippen LogP contribution in [0.4, 0.5) is 0 Å². The number of hydrogen-bond acceptors (Lipinski definition) is 8. The highest BCUT2D eigenvalue weighted by Crippen LogP contribution is 2.19. The standard InChI is InChI=1S/C11H15NO7/c1-3-17-8(13)5-11(16,10(15)19-7-12)6-9(14)18-4-2/h16H,3-6H2,1-2H3. The first-order chi connectivity index (χ1) is 8.89. The van der Waals surface area contributed by atoms with Crippen LogP contribution in [0, 0.1) is 11.5 Å². The Bertz CT molecular complexity index is 365. The van der Waals surface area contributed by atoms with Gasteiger partial charge >= 0.3 is 17.9 Å². The lowest BCUT2D eigenvalue weighted by atomic mass is 9.95. The first-order valence-corrected chi connectivity index (χ1v) is 5.53. The van der Waals surface area contributed by atoms with E-state index < -0.39 is 36.4 Å². The second-order valence-electron chi connectivity index (χ2n) is 3.48. The van der Waals surface area contributed by atoms with Crippen molar-refractivity contribution in [1.82, 2.24) is 0 Å². The van der Waals surface area contributed by atoms with Crippen molar-refractivity contribution in [2.24, 2.45) is 0 Å². The molecule has 0 fully saturated rings. The summed E-state index contributed by atoms with van der Waals surface area (Å²) in [5.74, 6) is -3.20. The van der Waals surface area contributed by atoms with Crippen LogP contribution in [-0.2, 0) is 28.6 Å². The maximum atomic E-state index is 11.4.